The highest BCUT2D eigenvalue weighted by atomic mass is 16.1. The van der Waals surface area contributed by atoms with Gasteiger partial charge in [-0.15, -0.1) is 5.10 Å². The van der Waals surface area contributed by atoms with Crippen molar-refractivity contribution in [3.8, 4) is 28.5 Å². The van der Waals surface area contributed by atoms with Crippen LogP contribution in [0.1, 0.15) is 51.8 Å². The molecule has 10 heteroatoms. The van der Waals surface area contributed by atoms with Crippen LogP contribution in [0, 0.1) is 0 Å². The first-order valence-corrected chi connectivity index (χ1v) is 12.5. The lowest BCUT2D eigenvalue weighted by atomic mass is 10.00. The minimum absolute atomic E-state index is 0.106. The normalized spacial score (nSPS) is 11.8. The molecule has 0 atom stereocenters. The summed E-state index contributed by atoms with van der Waals surface area (Å²) in [6, 6.07) is 10.00. The monoisotopic (exact) mass is 497 g/mol. The van der Waals surface area contributed by atoms with Gasteiger partial charge >= 0.3 is 5.69 Å². The van der Waals surface area contributed by atoms with Crippen LogP contribution in [0.15, 0.2) is 66.1 Å². The molecule has 5 rings (SSSR count). The number of nitrogens with one attached hydrogen (secondary N) is 1. The minimum atomic E-state index is -0.207. The van der Waals surface area contributed by atoms with Crippen molar-refractivity contribution in [2.24, 2.45) is 0 Å². The molecule has 0 aliphatic rings. The Labute approximate surface area is 215 Å². The molecule has 4 heterocycles. The SMILES string of the molecule is CCCCc1cn(-c2nccn2C(C)(C)C)c(=O)n1Cc1cnccc1-c1ccc(-c2nnn[nH]2)cc1. The number of aryl methyl sites for hydroxylation is 1. The van der Waals surface area contributed by atoms with Crippen molar-refractivity contribution < 1.29 is 0 Å². The molecule has 0 radical (unpaired) electrons. The van der Waals surface area contributed by atoms with Crippen LogP contribution in [-0.4, -0.2) is 44.3 Å². The number of hydrogen-bond donors (Lipinski definition) is 1. The quantitative estimate of drug-likeness (QED) is 0.343. The molecule has 190 valence electrons. The van der Waals surface area contributed by atoms with Crippen LogP contribution in [0.5, 0.6) is 0 Å². The third-order valence-electron chi connectivity index (χ3n) is 6.45. The van der Waals surface area contributed by atoms with Gasteiger partial charge in [0.25, 0.3) is 0 Å². The third-order valence-corrected chi connectivity index (χ3v) is 6.45. The molecule has 4 aromatic heterocycles. The second kappa shape index (κ2) is 9.96. The predicted molar refractivity (Wildman–Crippen MR) is 141 cm³/mol. The van der Waals surface area contributed by atoms with Crippen LogP contribution in [-0.2, 0) is 18.5 Å². The Hall–Kier alpha value is -4.34. The highest BCUT2D eigenvalue weighted by molar-refractivity contribution is 5.69. The number of aromatic amines is 1. The number of aromatic nitrogens is 9. The summed E-state index contributed by atoms with van der Waals surface area (Å²) in [5.74, 6) is 1.24. The van der Waals surface area contributed by atoms with Gasteiger partial charge in [0.2, 0.25) is 5.95 Å². The van der Waals surface area contributed by atoms with Gasteiger partial charge in [0.15, 0.2) is 5.82 Å². The van der Waals surface area contributed by atoms with E-state index in [2.05, 4.69) is 58.3 Å². The zero-order valence-electron chi connectivity index (χ0n) is 21.6. The van der Waals surface area contributed by atoms with Crippen molar-refractivity contribution in [2.75, 3.05) is 0 Å². The summed E-state index contributed by atoms with van der Waals surface area (Å²) in [5, 5.41) is 14.1. The molecule has 0 bridgehead atoms. The molecular formula is C27H31N9O. The van der Waals surface area contributed by atoms with Gasteiger partial charge in [-0.3, -0.25) is 9.55 Å². The molecule has 0 aliphatic carbocycles. The second-order valence-corrected chi connectivity index (χ2v) is 10.1. The largest absolute Gasteiger partial charge is 0.335 e. The second-order valence-electron chi connectivity index (χ2n) is 10.1. The van der Waals surface area contributed by atoms with Crippen LogP contribution in [0.3, 0.4) is 0 Å². The molecule has 0 fully saturated rings. The number of unbranched alkanes of at least 4 members (excludes halogenated alkanes) is 1. The summed E-state index contributed by atoms with van der Waals surface area (Å²) in [7, 11) is 0. The third kappa shape index (κ3) is 4.87. The van der Waals surface area contributed by atoms with Crippen LogP contribution in [0.4, 0.5) is 0 Å². The number of hydrogen-bond acceptors (Lipinski definition) is 6. The standard InChI is InChI=1S/C27H31N9O/c1-5-6-7-22-18-35(25-29-14-15-36(25)27(2,3)4)26(37)34(22)17-21-16-28-13-12-23(21)19-8-10-20(11-9-19)24-30-32-33-31-24/h8-16,18H,5-7,17H2,1-4H3,(H,30,31,32,33). The molecule has 5 aromatic rings. The number of rotatable bonds is 8. The molecule has 10 nitrogen and oxygen atoms in total. The molecule has 0 saturated carbocycles. The Kier molecular flexibility index (Phi) is 6.56. The number of nitrogens with zero attached hydrogens (tertiary/aromatic N) is 8. The molecule has 0 amide bonds. The Balaban J connectivity index is 1.54. The average molecular weight is 498 g/mol. The molecule has 1 N–H and O–H groups in total. The van der Waals surface area contributed by atoms with Gasteiger partial charge in [-0.2, -0.15) is 0 Å². The van der Waals surface area contributed by atoms with Gasteiger partial charge in [-0.05, 0) is 66.8 Å². The summed E-state index contributed by atoms with van der Waals surface area (Å²) in [5.41, 5.74) is 4.58. The van der Waals surface area contributed by atoms with Crippen LogP contribution in [0.2, 0.25) is 0 Å². The lowest BCUT2D eigenvalue weighted by molar-refractivity contribution is 0.390. The zero-order chi connectivity index (χ0) is 26.0. The number of tetrazole rings is 1. The van der Waals surface area contributed by atoms with E-state index in [-0.39, 0.29) is 11.2 Å². The molecule has 0 saturated heterocycles. The number of imidazole rings is 2. The molecular weight excluding hydrogens is 466 g/mol. The van der Waals surface area contributed by atoms with E-state index in [1.54, 1.807) is 17.0 Å². The summed E-state index contributed by atoms with van der Waals surface area (Å²) < 4.78 is 5.56. The van der Waals surface area contributed by atoms with Gasteiger partial charge in [0.05, 0.1) is 6.54 Å². The fourth-order valence-corrected chi connectivity index (χ4v) is 4.49. The van der Waals surface area contributed by atoms with Gasteiger partial charge < -0.3 is 4.57 Å². The van der Waals surface area contributed by atoms with Crippen molar-refractivity contribution in [1.29, 1.82) is 0 Å². The summed E-state index contributed by atoms with van der Waals surface area (Å²) in [6.07, 6.45) is 12.1. The molecule has 1 aromatic carbocycles. The van der Waals surface area contributed by atoms with Crippen molar-refractivity contribution in [3.63, 3.8) is 0 Å². The smallest absolute Gasteiger partial charge is 0.311 e. The highest BCUT2D eigenvalue weighted by Crippen LogP contribution is 2.26. The zero-order valence-corrected chi connectivity index (χ0v) is 21.6. The van der Waals surface area contributed by atoms with Gasteiger partial charge in [0, 0.05) is 47.8 Å². The Morgan fingerprint density at radius 2 is 1.81 bits per heavy atom. The first-order valence-electron chi connectivity index (χ1n) is 12.5. The Morgan fingerprint density at radius 1 is 1.03 bits per heavy atom. The van der Waals surface area contributed by atoms with E-state index in [1.807, 2.05) is 58.1 Å². The lowest BCUT2D eigenvalue weighted by Crippen LogP contribution is -2.30. The van der Waals surface area contributed by atoms with Crippen LogP contribution < -0.4 is 5.69 Å². The molecule has 0 aliphatic heterocycles. The maximum atomic E-state index is 13.8. The van der Waals surface area contributed by atoms with Gasteiger partial charge in [0.1, 0.15) is 0 Å². The average Bonchev–Trinajstić information content (AvgIpc) is 3.65. The summed E-state index contributed by atoms with van der Waals surface area (Å²) >= 11 is 0. The van der Waals surface area contributed by atoms with Crippen LogP contribution in [0.25, 0.3) is 28.5 Å². The molecule has 37 heavy (non-hydrogen) atoms. The van der Waals surface area contributed by atoms with Crippen molar-refractivity contribution in [3.05, 3.63) is 83.1 Å². The first kappa shape index (κ1) is 24.4. The Morgan fingerprint density at radius 3 is 2.51 bits per heavy atom. The van der Waals surface area contributed by atoms with Crippen molar-refractivity contribution in [2.45, 2.75) is 59.0 Å². The molecule has 0 unspecified atom stereocenters. The van der Waals surface area contributed by atoms with E-state index in [9.17, 15) is 4.79 Å². The Bertz CT molecular complexity index is 1530. The van der Waals surface area contributed by atoms with E-state index in [0.717, 1.165) is 47.2 Å². The lowest BCUT2D eigenvalue weighted by Gasteiger charge is -2.23. The first-order chi connectivity index (χ1) is 17.9. The van der Waals surface area contributed by atoms with E-state index in [1.165, 1.54) is 0 Å². The number of pyridine rings is 1. The van der Waals surface area contributed by atoms with E-state index in [0.29, 0.717) is 18.3 Å². The summed E-state index contributed by atoms with van der Waals surface area (Å²) in [6.45, 7) is 8.88. The van der Waals surface area contributed by atoms with Gasteiger partial charge in [-0.25, -0.2) is 19.4 Å². The number of H-pyrrole nitrogens is 1. The predicted octanol–water partition coefficient (Wildman–Crippen LogP) is 4.22. The van der Waals surface area contributed by atoms with E-state index >= 15 is 0 Å². The van der Waals surface area contributed by atoms with Crippen molar-refractivity contribution >= 4 is 0 Å². The van der Waals surface area contributed by atoms with Gasteiger partial charge in [-0.1, -0.05) is 37.6 Å². The maximum Gasteiger partial charge on any atom is 0.335 e. The van der Waals surface area contributed by atoms with Crippen LogP contribution >= 0.6 is 0 Å². The van der Waals surface area contributed by atoms with E-state index in [4.69, 9.17) is 0 Å². The molecule has 0 spiro atoms. The van der Waals surface area contributed by atoms with E-state index < -0.39 is 0 Å². The highest BCUT2D eigenvalue weighted by Gasteiger charge is 2.22. The minimum Gasteiger partial charge on any atom is -0.311 e. The fraction of sp³-hybridized carbons (Fsp3) is 0.333. The fourth-order valence-electron chi connectivity index (χ4n) is 4.49. The summed E-state index contributed by atoms with van der Waals surface area (Å²) in [4.78, 5) is 22.7. The number of benzene rings is 1. The topological polar surface area (TPSA) is 112 Å². The maximum absolute atomic E-state index is 13.8. The van der Waals surface area contributed by atoms with Crippen molar-refractivity contribution in [1.82, 2.24) is 44.3 Å².